The Balaban J connectivity index is 2.31. The van der Waals surface area contributed by atoms with Crippen molar-refractivity contribution < 1.29 is 4.79 Å². The van der Waals surface area contributed by atoms with Crippen LogP contribution >= 0.6 is 23.1 Å². The van der Waals surface area contributed by atoms with Gasteiger partial charge in [-0.25, -0.2) is 5.84 Å². The molecule has 0 aliphatic carbocycles. The number of fused-ring (bicyclic) bond motifs is 1. The van der Waals surface area contributed by atoms with Crippen molar-refractivity contribution in [3.05, 3.63) is 34.7 Å². The number of carbonyl (C=O) groups is 1. The van der Waals surface area contributed by atoms with Crippen molar-refractivity contribution >= 4 is 39.1 Å². The van der Waals surface area contributed by atoms with Gasteiger partial charge in [0.25, 0.3) is 5.91 Å². The Hall–Kier alpha value is -1.08. The number of hydrogen-bond acceptors (Lipinski definition) is 5. The normalized spacial score (nSPS) is 11.8. The highest BCUT2D eigenvalue weighted by atomic mass is 32.2. The first kappa shape index (κ1) is 15.3. The first-order valence-electron chi connectivity index (χ1n) is 6.30. The van der Waals surface area contributed by atoms with E-state index in [1.807, 2.05) is 38.1 Å². The molecular formula is C14H19N3OS2. The van der Waals surface area contributed by atoms with Crippen molar-refractivity contribution in [3.63, 3.8) is 0 Å². The van der Waals surface area contributed by atoms with E-state index in [0.717, 1.165) is 27.2 Å². The molecule has 5 N–H and O–H groups in total. The number of hydrogen-bond donors (Lipinski definition) is 3. The number of carbonyl (C=O) groups excluding carboxylic acids is 1. The Morgan fingerprint density at radius 1 is 1.40 bits per heavy atom. The van der Waals surface area contributed by atoms with Gasteiger partial charge in [-0.05, 0) is 30.9 Å². The van der Waals surface area contributed by atoms with Gasteiger partial charge in [0.2, 0.25) is 0 Å². The van der Waals surface area contributed by atoms with Crippen molar-refractivity contribution in [2.75, 3.05) is 5.75 Å². The number of rotatable bonds is 5. The highest BCUT2D eigenvalue weighted by Gasteiger charge is 2.18. The molecule has 1 aromatic heterocycles. The van der Waals surface area contributed by atoms with E-state index < -0.39 is 0 Å². The summed E-state index contributed by atoms with van der Waals surface area (Å²) >= 11 is 3.21. The van der Waals surface area contributed by atoms with Gasteiger partial charge >= 0.3 is 0 Å². The molecule has 4 nitrogen and oxygen atoms in total. The topological polar surface area (TPSA) is 81.1 Å². The minimum atomic E-state index is -0.228. The van der Waals surface area contributed by atoms with Crippen molar-refractivity contribution in [1.29, 1.82) is 0 Å². The maximum atomic E-state index is 11.9. The number of hydrazine groups is 1. The second-order valence-electron chi connectivity index (χ2n) is 5.36. The number of thiophene rings is 1. The van der Waals surface area contributed by atoms with E-state index in [0.29, 0.717) is 4.88 Å². The highest BCUT2D eigenvalue weighted by molar-refractivity contribution is 7.98. The van der Waals surface area contributed by atoms with Crippen LogP contribution in [-0.4, -0.2) is 17.2 Å². The summed E-state index contributed by atoms with van der Waals surface area (Å²) in [6, 6.07) is 8.03. The van der Waals surface area contributed by atoms with Gasteiger partial charge in [-0.1, -0.05) is 18.2 Å². The number of nitrogens with one attached hydrogen (secondary N) is 1. The summed E-state index contributed by atoms with van der Waals surface area (Å²) in [6.07, 6.45) is 0. The zero-order valence-electron chi connectivity index (χ0n) is 11.6. The van der Waals surface area contributed by atoms with Crippen LogP contribution in [-0.2, 0) is 5.75 Å². The Morgan fingerprint density at radius 3 is 2.75 bits per heavy atom. The van der Waals surface area contributed by atoms with E-state index in [2.05, 4.69) is 5.43 Å². The zero-order chi connectivity index (χ0) is 14.8. The predicted octanol–water partition coefficient (Wildman–Crippen LogP) is 2.48. The summed E-state index contributed by atoms with van der Waals surface area (Å²) < 4.78 is 1.11. The standard InChI is InChI=1S/C14H19N3OS2/c1-14(2,15)8-19-7-10-9-5-3-4-6-11(9)20-12(10)13(18)17-16/h3-6H,7-8,15-16H2,1-2H3,(H,17,18). The molecule has 2 aromatic rings. The molecule has 0 saturated heterocycles. The van der Waals surface area contributed by atoms with Crippen molar-refractivity contribution in [2.24, 2.45) is 11.6 Å². The molecule has 0 unspecified atom stereocenters. The Bertz CT molecular complexity index is 616. The fraction of sp³-hybridized carbons (Fsp3) is 0.357. The minimum absolute atomic E-state index is 0.215. The third kappa shape index (κ3) is 3.52. The van der Waals surface area contributed by atoms with Crippen LogP contribution in [0.2, 0.25) is 0 Å². The lowest BCUT2D eigenvalue weighted by Gasteiger charge is -2.17. The lowest BCUT2D eigenvalue weighted by Crippen LogP contribution is -2.34. The molecule has 0 fully saturated rings. The van der Waals surface area contributed by atoms with E-state index in [4.69, 9.17) is 11.6 Å². The van der Waals surface area contributed by atoms with Gasteiger partial charge in [0, 0.05) is 21.7 Å². The predicted molar refractivity (Wildman–Crippen MR) is 87.9 cm³/mol. The fourth-order valence-electron chi connectivity index (χ4n) is 1.91. The van der Waals surface area contributed by atoms with Gasteiger partial charge in [-0.3, -0.25) is 10.2 Å². The quantitative estimate of drug-likeness (QED) is 0.450. The van der Waals surface area contributed by atoms with Crippen LogP contribution in [0.1, 0.15) is 29.1 Å². The second kappa shape index (κ2) is 6.13. The SMILES string of the molecule is CC(C)(N)CSCc1c(C(=O)NN)sc2ccccc12. The maximum Gasteiger partial charge on any atom is 0.275 e. The summed E-state index contributed by atoms with van der Waals surface area (Å²) in [5, 5.41) is 1.12. The molecular weight excluding hydrogens is 290 g/mol. The smallest absolute Gasteiger partial charge is 0.275 e. The van der Waals surface area contributed by atoms with Crippen LogP contribution in [0.15, 0.2) is 24.3 Å². The Labute approximate surface area is 126 Å². The molecule has 0 atom stereocenters. The van der Waals surface area contributed by atoms with Crippen LogP contribution in [0.25, 0.3) is 10.1 Å². The summed E-state index contributed by atoms with van der Waals surface area (Å²) in [5.41, 5.74) is 9.05. The molecule has 1 amide bonds. The second-order valence-corrected chi connectivity index (χ2v) is 7.40. The molecule has 0 radical (unpaired) electrons. The lowest BCUT2D eigenvalue weighted by molar-refractivity contribution is 0.0957. The van der Waals surface area contributed by atoms with E-state index >= 15 is 0 Å². The van der Waals surface area contributed by atoms with Gasteiger partial charge in [0.1, 0.15) is 0 Å². The molecule has 0 saturated carbocycles. The van der Waals surface area contributed by atoms with Crippen LogP contribution in [0.4, 0.5) is 0 Å². The number of benzene rings is 1. The Kier molecular flexibility index (Phi) is 4.70. The first-order valence-corrected chi connectivity index (χ1v) is 8.27. The largest absolute Gasteiger partial charge is 0.325 e. The molecule has 2 rings (SSSR count). The molecule has 0 aliphatic rings. The van der Waals surface area contributed by atoms with E-state index in [-0.39, 0.29) is 11.4 Å². The van der Waals surface area contributed by atoms with E-state index in [1.54, 1.807) is 11.8 Å². The highest BCUT2D eigenvalue weighted by Crippen LogP contribution is 2.34. The van der Waals surface area contributed by atoms with Gasteiger partial charge in [-0.2, -0.15) is 11.8 Å². The molecule has 108 valence electrons. The number of nitrogen functional groups attached to an aromatic ring is 1. The third-order valence-corrected chi connectivity index (χ3v) is 5.41. The van der Waals surface area contributed by atoms with Crippen LogP contribution < -0.4 is 17.0 Å². The third-order valence-electron chi connectivity index (χ3n) is 2.76. The van der Waals surface area contributed by atoms with Crippen molar-refractivity contribution in [1.82, 2.24) is 5.43 Å². The Morgan fingerprint density at radius 2 is 2.10 bits per heavy atom. The van der Waals surface area contributed by atoms with Gasteiger partial charge in [0.05, 0.1) is 4.88 Å². The molecule has 1 heterocycles. The van der Waals surface area contributed by atoms with Crippen LogP contribution in [0, 0.1) is 0 Å². The molecule has 6 heteroatoms. The van der Waals surface area contributed by atoms with E-state index in [1.165, 1.54) is 11.3 Å². The first-order chi connectivity index (χ1) is 9.42. The summed E-state index contributed by atoms with van der Waals surface area (Å²) in [5.74, 6) is 6.64. The summed E-state index contributed by atoms with van der Waals surface area (Å²) in [6.45, 7) is 4.00. The van der Waals surface area contributed by atoms with Crippen LogP contribution in [0.3, 0.4) is 0 Å². The number of thioether (sulfide) groups is 1. The zero-order valence-corrected chi connectivity index (χ0v) is 13.2. The maximum absolute atomic E-state index is 11.9. The average molecular weight is 309 g/mol. The minimum Gasteiger partial charge on any atom is -0.325 e. The van der Waals surface area contributed by atoms with Gasteiger partial charge in [-0.15, -0.1) is 11.3 Å². The van der Waals surface area contributed by atoms with Crippen molar-refractivity contribution in [2.45, 2.75) is 25.1 Å². The number of nitrogens with two attached hydrogens (primary N) is 2. The summed E-state index contributed by atoms with van der Waals surface area (Å²) in [7, 11) is 0. The number of amides is 1. The van der Waals surface area contributed by atoms with Gasteiger partial charge in [0.15, 0.2) is 0 Å². The monoisotopic (exact) mass is 309 g/mol. The molecule has 0 bridgehead atoms. The van der Waals surface area contributed by atoms with Crippen LogP contribution in [0.5, 0.6) is 0 Å². The van der Waals surface area contributed by atoms with Gasteiger partial charge < -0.3 is 5.73 Å². The molecule has 1 aromatic carbocycles. The van der Waals surface area contributed by atoms with E-state index in [9.17, 15) is 4.79 Å². The average Bonchev–Trinajstić information content (AvgIpc) is 2.76. The lowest BCUT2D eigenvalue weighted by atomic mass is 10.1. The summed E-state index contributed by atoms with van der Waals surface area (Å²) in [4.78, 5) is 12.6. The molecule has 20 heavy (non-hydrogen) atoms. The fourth-order valence-corrected chi connectivity index (χ4v) is 4.26. The van der Waals surface area contributed by atoms with Crippen molar-refractivity contribution in [3.8, 4) is 0 Å². The molecule has 0 aliphatic heterocycles. The molecule has 0 spiro atoms.